The van der Waals surface area contributed by atoms with Crippen LogP contribution in [0.15, 0.2) is 30.5 Å². The van der Waals surface area contributed by atoms with Crippen LogP contribution in [0.5, 0.6) is 0 Å². The first-order chi connectivity index (χ1) is 7.27. The molecule has 0 spiro atoms. The fourth-order valence-corrected chi connectivity index (χ4v) is 2.06. The normalized spacial score (nSPS) is 11.4. The average Bonchev–Trinajstić information content (AvgIpc) is 2.65. The van der Waals surface area contributed by atoms with Gasteiger partial charge in [0.25, 0.3) is 0 Å². The summed E-state index contributed by atoms with van der Waals surface area (Å²) in [4.78, 5) is 3.33. The van der Waals surface area contributed by atoms with E-state index in [1.165, 1.54) is 35.7 Å². The maximum Gasteiger partial charge on any atom is 0.0486 e. The third-order valence-corrected chi connectivity index (χ3v) is 2.90. The van der Waals surface area contributed by atoms with Gasteiger partial charge in [0.15, 0.2) is 0 Å². The SMILES string of the molecule is CC(C)CCCc1cccc2cc[nH]c12. The summed E-state index contributed by atoms with van der Waals surface area (Å²) in [6.45, 7) is 4.57. The van der Waals surface area contributed by atoms with E-state index in [-0.39, 0.29) is 0 Å². The van der Waals surface area contributed by atoms with Gasteiger partial charge in [-0.1, -0.05) is 38.5 Å². The van der Waals surface area contributed by atoms with E-state index in [2.05, 4.69) is 43.1 Å². The van der Waals surface area contributed by atoms with Crippen LogP contribution in [0.1, 0.15) is 32.3 Å². The van der Waals surface area contributed by atoms with Crippen LogP contribution >= 0.6 is 0 Å². The minimum atomic E-state index is 0.813. The molecule has 2 aromatic rings. The number of hydrogen-bond acceptors (Lipinski definition) is 0. The Bertz CT molecular complexity index is 426. The zero-order valence-corrected chi connectivity index (χ0v) is 9.59. The number of aromatic amines is 1. The summed E-state index contributed by atoms with van der Waals surface area (Å²) >= 11 is 0. The molecular weight excluding hydrogens is 182 g/mol. The molecule has 0 saturated carbocycles. The molecule has 1 aromatic heterocycles. The summed E-state index contributed by atoms with van der Waals surface area (Å²) < 4.78 is 0. The smallest absolute Gasteiger partial charge is 0.0486 e. The Morgan fingerprint density at radius 1 is 1.20 bits per heavy atom. The number of aromatic nitrogens is 1. The molecule has 2 rings (SSSR count). The Morgan fingerprint density at radius 3 is 2.87 bits per heavy atom. The van der Waals surface area contributed by atoms with E-state index in [0.29, 0.717) is 0 Å². The van der Waals surface area contributed by atoms with Crippen LogP contribution in [0.2, 0.25) is 0 Å². The molecule has 0 fully saturated rings. The standard InChI is InChI=1S/C14H19N/c1-11(2)5-3-6-12-7-4-8-13-9-10-15-14(12)13/h4,7-11,15H,3,5-6H2,1-2H3. The lowest BCUT2D eigenvalue weighted by Crippen LogP contribution is -1.91. The number of rotatable bonds is 4. The topological polar surface area (TPSA) is 15.8 Å². The third kappa shape index (κ3) is 2.41. The van der Waals surface area contributed by atoms with Gasteiger partial charge in [-0.15, -0.1) is 0 Å². The minimum Gasteiger partial charge on any atom is -0.361 e. The van der Waals surface area contributed by atoms with Crippen molar-refractivity contribution in [2.24, 2.45) is 5.92 Å². The number of nitrogens with one attached hydrogen (secondary N) is 1. The molecule has 0 radical (unpaired) electrons. The van der Waals surface area contributed by atoms with E-state index >= 15 is 0 Å². The number of para-hydroxylation sites is 1. The van der Waals surface area contributed by atoms with Crippen molar-refractivity contribution in [1.82, 2.24) is 4.98 Å². The minimum absolute atomic E-state index is 0.813. The maximum absolute atomic E-state index is 3.33. The van der Waals surface area contributed by atoms with Crippen LogP contribution in [-0.4, -0.2) is 4.98 Å². The fraction of sp³-hybridized carbons (Fsp3) is 0.429. The second-order valence-corrected chi connectivity index (χ2v) is 4.65. The zero-order chi connectivity index (χ0) is 10.7. The van der Waals surface area contributed by atoms with Crippen LogP contribution in [0.4, 0.5) is 0 Å². The first kappa shape index (κ1) is 10.3. The summed E-state index contributed by atoms with van der Waals surface area (Å²) in [5.74, 6) is 0.813. The van der Waals surface area contributed by atoms with Crippen molar-refractivity contribution in [3.8, 4) is 0 Å². The molecule has 15 heavy (non-hydrogen) atoms. The second-order valence-electron chi connectivity index (χ2n) is 4.65. The van der Waals surface area contributed by atoms with Crippen molar-refractivity contribution >= 4 is 10.9 Å². The predicted octanol–water partition coefficient (Wildman–Crippen LogP) is 4.15. The van der Waals surface area contributed by atoms with Crippen molar-refractivity contribution in [1.29, 1.82) is 0 Å². The molecule has 1 nitrogen and oxygen atoms in total. The van der Waals surface area contributed by atoms with Gasteiger partial charge < -0.3 is 4.98 Å². The third-order valence-electron chi connectivity index (χ3n) is 2.90. The van der Waals surface area contributed by atoms with E-state index in [4.69, 9.17) is 0 Å². The molecule has 0 bridgehead atoms. The Balaban J connectivity index is 2.10. The molecule has 0 saturated heterocycles. The van der Waals surface area contributed by atoms with Gasteiger partial charge in [-0.25, -0.2) is 0 Å². The Morgan fingerprint density at radius 2 is 2.07 bits per heavy atom. The molecular formula is C14H19N. The van der Waals surface area contributed by atoms with Crippen molar-refractivity contribution < 1.29 is 0 Å². The molecule has 1 N–H and O–H groups in total. The molecule has 0 aliphatic heterocycles. The monoisotopic (exact) mass is 201 g/mol. The average molecular weight is 201 g/mol. The van der Waals surface area contributed by atoms with Gasteiger partial charge in [-0.05, 0) is 35.8 Å². The summed E-state index contributed by atoms with van der Waals surface area (Å²) in [6, 6.07) is 8.69. The van der Waals surface area contributed by atoms with Crippen LogP contribution < -0.4 is 0 Å². The van der Waals surface area contributed by atoms with Crippen LogP contribution in [0.25, 0.3) is 10.9 Å². The molecule has 0 aliphatic carbocycles. The van der Waals surface area contributed by atoms with Crippen LogP contribution in [0.3, 0.4) is 0 Å². The van der Waals surface area contributed by atoms with E-state index in [9.17, 15) is 0 Å². The summed E-state index contributed by atoms with van der Waals surface area (Å²) in [7, 11) is 0. The molecule has 80 valence electrons. The highest BCUT2D eigenvalue weighted by molar-refractivity contribution is 5.82. The Labute approximate surface area is 91.5 Å². The molecule has 0 amide bonds. The molecule has 0 aliphatic rings. The lowest BCUT2D eigenvalue weighted by Gasteiger charge is -2.05. The van der Waals surface area contributed by atoms with E-state index in [1.54, 1.807) is 0 Å². The second kappa shape index (κ2) is 4.52. The first-order valence-electron chi connectivity index (χ1n) is 5.82. The lowest BCUT2D eigenvalue weighted by molar-refractivity contribution is 0.556. The zero-order valence-electron chi connectivity index (χ0n) is 9.59. The van der Waals surface area contributed by atoms with Gasteiger partial charge >= 0.3 is 0 Å². The molecule has 1 aromatic carbocycles. The molecule has 0 atom stereocenters. The maximum atomic E-state index is 3.33. The fourth-order valence-electron chi connectivity index (χ4n) is 2.06. The van der Waals surface area contributed by atoms with E-state index in [1.807, 2.05) is 6.20 Å². The first-order valence-corrected chi connectivity index (χ1v) is 5.82. The van der Waals surface area contributed by atoms with Gasteiger partial charge in [0, 0.05) is 11.7 Å². The highest BCUT2D eigenvalue weighted by Crippen LogP contribution is 2.19. The van der Waals surface area contributed by atoms with Gasteiger partial charge in [-0.3, -0.25) is 0 Å². The summed E-state index contributed by atoms with van der Waals surface area (Å²) in [5.41, 5.74) is 2.78. The predicted molar refractivity (Wildman–Crippen MR) is 66.1 cm³/mol. The highest BCUT2D eigenvalue weighted by atomic mass is 14.7. The number of benzene rings is 1. The molecule has 1 heteroatoms. The van der Waals surface area contributed by atoms with Crippen molar-refractivity contribution in [2.75, 3.05) is 0 Å². The number of fused-ring (bicyclic) bond motifs is 1. The van der Waals surface area contributed by atoms with Crippen LogP contribution in [0, 0.1) is 5.92 Å². The highest BCUT2D eigenvalue weighted by Gasteiger charge is 2.02. The van der Waals surface area contributed by atoms with Crippen molar-refractivity contribution in [2.45, 2.75) is 33.1 Å². The quantitative estimate of drug-likeness (QED) is 0.765. The summed E-state index contributed by atoms with van der Waals surface area (Å²) in [5, 5.41) is 1.33. The van der Waals surface area contributed by atoms with Crippen molar-refractivity contribution in [3.05, 3.63) is 36.0 Å². The van der Waals surface area contributed by atoms with Gasteiger partial charge in [0.1, 0.15) is 0 Å². The number of aryl methyl sites for hydroxylation is 1. The Kier molecular flexibility index (Phi) is 3.10. The Hall–Kier alpha value is -1.24. The van der Waals surface area contributed by atoms with Gasteiger partial charge in [0.2, 0.25) is 0 Å². The number of H-pyrrole nitrogens is 1. The van der Waals surface area contributed by atoms with Crippen LogP contribution in [-0.2, 0) is 6.42 Å². The van der Waals surface area contributed by atoms with Crippen molar-refractivity contribution in [3.63, 3.8) is 0 Å². The summed E-state index contributed by atoms with van der Waals surface area (Å²) in [6.07, 6.45) is 5.82. The number of hydrogen-bond donors (Lipinski definition) is 1. The van der Waals surface area contributed by atoms with Gasteiger partial charge in [-0.2, -0.15) is 0 Å². The molecule has 0 unspecified atom stereocenters. The largest absolute Gasteiger partial charge is 0.361 e. The van der Waals surface area contributed by atoms with E-state index < -0.39 is 0 Å². The van der Waals surface area contributed by atoms with Gasteiger partial charge in [0.05, 0.1) is 0 Å². The lowest BCUT2D eigenvalue weighted by atomic mass is 10.0. The van der Waals surface area contributed by atoms with E-state index in [0.717, 1.165) is 5.92 Å². The molecule has 1 heterocycles.